The van der Waals surface area contributed by atoms with Gasteiger partial charge in [0.25, 0.3) is 5.91 Å². The number of para-hydroxylation sites is 1. The molecular formula is C20H24N4O3. The highest BCUT2D eigenvalue weighted by molar-refractivity contribution is 5.94. The molecule has 0 saturated carbocycles. The smallest absolute Gasteiger partial charge is 0.274 e. The zero-order valence-corrected chi connectivity index (χ0v) is 16.2. The van der Waals surface area contributed by atoms with E-state index >= 15 is 0 Å². The van der Waals surface area contributed by atoms with Crippen LogP contribution in [0.25, 0.3) is 0 Å². The molecule has 1 aromatic carbocycles. The minimum absolute atomic E-state index is 0.201. The SMILES string of the molecule is Cc1ccccc1OCc1c(C(=O)NC(C)c2cnn(C)c2C)noc1C. The third-order valence-corrected chi connectivity index (χ3v) is 4.75. The number of rotatable bonds is 6. The van der Waals surface area contributed by atoms with Crippen LogP contribution in [0.4, 0.5) is 0 Å². The highest BCUT2D eigenvalue weighted by Crippen LogP contribution is 2.22. The van der Waals surface area contributed by atoms with Crippen LogP contribution in [0.3, 0.4) is 0 Å². The number of nitrogens with one attached hydrogen (secondary N) is 1. The standard InChI is InChI=1S/C20H24N4O3/c1-12-8-6-7-9-18(12)26-11-17-15(4)27-23-19(17)20(25)22-13(2)16-10-21-24(5)14(16)3/h6-10,13H,11H2,1-5H3,(H,22,25). The Morgan fingerprint density at radius 3 is 2.70 bits per heavy atom. The van der Waals surface area contributed by atoms with Gasteiger partial charge in [-0.15, -0.1) is 0 Å². The van der Waals surface area contributed by atoms with Crippen LogP contribution < -0.4 is 10.1 Å². The van der Waals surface area contributed by atoms with E-state index in [1.54, 1.807) is 17.8 Å². The molecule has 7 nitrogen and oxygen atoms in total. The minimum Gasteiger partial charge on any atom is -0.488 e. The topological polar surface area (TPSA) is 82.2 Å². The average molecular weight is 368 g/mol. The van der Waals surface area contributed by atoms with Gasteiger partial charge in [0.1, 0.15) is 18.1 Å². The van der Waals surface area contributed by atoms with Gasteiger partial charge in [-0.1, -0.05) is 23.4 Å². The summed E-state index contributed by atoms with van der Waals surface area (Å²) in [6.45, 7) is 7.84. The molecule has 3 aromatic rings. The van der Waals surface area contributed by atoms with Crippen molar-refractivity contribution >= 4 is 5.91 Å². The Morgan fingerprint density at radius 2 is 2.04 bits per heavy atom. The van der Waals surface area contributed by atoms with Gasteiger partial charge in [0.2, 0.25) is 0 Å². The first-order valence-corrected chi connectivity index (χ1v) is 8.81. The van der Waals surface area contributed by atoms with Crippen LogP contribution in [0, 0.1) is 20.8 Å². The molecule has 142 valence electrons. The molecule has 1 amide bonds. The maximum Gasteiger partial charge on any atom is 0.274 e. The van der Waals surface area contributed by atoms with Gasteiger partial charge in [0.15, 0.2) is 5.69 Å². The number of nitrogens with zero attached hydrogens (tertiary/aromatic N) is 3. The molecule has 0 bridgehead atoms. The average Bonchev–Trinajstić information content (AvgIpc) is 3.17. The summed E-state index contributed by atoms with van der Waals surface area (Å²) in [6, 6.07) is 7.53. The van der Waals surface area contributed by atoms with E-state index < -0.39 is 0 Å². The molecule has 1 atom stereocenters. The van der Waals surface area contributed by atoms with Crippen LogP contribution in [0.2, 0.25) is 0 Å². The second-order valence-electron chi connectivity index (χ2n) is 6.62. The molecule has 3 rings (SSSR count). The summed E-state index contributed by atoms with van der Waals surface area (Å²) in [5, 5.41) is 11.1. The van der Waals surface area contributed by atoms with Crippen LogP contribution in [0.15, 0.2) is 35.0 Å². The van der Waals surface area contributed by atoms with Crippen molar-refractivity contribution < 1.29 is 14.1 Å². The van der Waals surface area contributed by atoms with Gasteiger partial charge in [-0.25, -0.2) is 0 Å². The van der Waals surface area contributed by atoms with Gasteiger partial charge in [-0.3, -0.25) is 9.48 Å². The quantitative estimate of drug-likeness (QED) is 0.721. The number of hydrogen-bond acceptors (Lipinski definition) is 5. The fraction of sp³-hybridized carbons (Fsp3) is 0.350. The number of aryl methyl sites for hydroxylation is 3. The fourth-order valence-corrected chi connectivity index (χ4v) is 2.89. The van der Waals surface area contributed by atoms with E-state index in [1.165, 1.54) is 0 Å². The maximum atomic E-state index is 12.7. The summed E-state index contributed by atoms with van der Waals surface area (Å²) in [4.78, 5) is 12.7. The highest BCUT2D eigenvalue weighted by atomic mass is 16.5. The number of amides is 1. The van der Waals surface area contributed by atoms with Crippen molar-refractivity contribution in [1.82, 2.24) is 20.3 Å². The monoisotopic (exact) mass is 368 g/mol. The molecule has 0 aliphatic heterocycles. The minimum atomic E-state index is -0.300. The number of ether oxygens (including phenoxy) is 1. The Morgan fingerprint density at radius 1 is 1.30 bits per heavy atom. The summed E-state index contributed by atoms with van der Waals surface area (Å²) in [6.07, 6.45) is 1.76. The lowest BCUT2D eigenvalue weighted by atomic mass is 10.1. The zero-order valence-electron chi connectivity index (χ0n) is 16.2. The van der Waals surface area contributed by atoms with Gasteiger partial charge < -0.3 is 14.6 Å². The number of carbonyl (C=O) groups is 1. The summed E-state index contributed by atoms with van der Waals surface area (Å²) in [7, 11) is 1.87. The molecule has 0 radical (unpaired) electrons. The zero-order chi connectivity index (χ0) is 19.6. The first-order chi connectivity index (χ1) is 12.9. The molecular weight excluding hydrogens is 344 g/mol. The van der Waals surface area contributed by atoms with Crippen LogP contribution in [0.1, 0.15) is 51.6 Å². The van der Waals surface area contributed by atoms with Crippen molar-refractivity contribution in [3.63, 3.8) is 0 Å². The van der Waals surface area contributed by atoms with Crippen molar-refractivity contribution in [3.8, 4) is 5.75 Å². The molecule has 0 spiro atoms. The molecule has 2 aromatic heterocycles. The van der Waals surface area contributed by atoms with Gasteiger partial charge in [-0.05, 0) is 39.3 Å². The molecule has 27 heavy (non-hydrogen) atoms. The molecule has 1 unspecified atom stereocenters. The van der Waals surface area contributed by atoms with Crippen LogP contribution in [0.5, 0.6) is 5.75 Å². The Kier molecular flexibility index (Phi) is 5.30. The predicted octanol–water partition coefficient (Wildman–Crippen LogP) is 3.40. The van der Waals surface area contributed by atoms with Crippen molar-refractivity contribution in [3.05, 3.63) is 64.3 Å². The van der Waals surface area contributed by atoms with Gasteiger partial charge in [-0.2, -0.15) is 5.10 Å². The third kappa shape index (κ3) is 3.86. The lowest BCUT2D eigenvalue weighted by Crippen LogP contribution is -2.28. The molecule has 0 saturated heterocycles. The van der Waals surface area contributed by atoms with E-state index in [2.05, 4.69) is 15.6 Å². The summed E-state index contributed by atoms with van der Waals surface area (Å²) in [5.74, 6) is 1.04. The predicted molar refractivity (Wildman–Crippen MR) is 101 cm³/mol. The lowest BCUT2D eigenvalue weighted by molar-refractivity contribution is 0.0928. The van der Waals surface area contributed by atoms with E-state index in [4.69, 9.17) is 9.26 Å². The van der Waals surface area contributed by atoms with Crippen molar-refractivity contribution in [2.24, 2.45) is 7.05 Å². The molecule has 1 N–H and O–H groups in total. The largest absolute Gasteiger partial charge is 0.488 e. The van der Waals surface area contributed by atoms with E-state index in [0.29, 0.717) is 11.3 Å². The van der Waals surface area contributed by atoms with Gasteiger partial charge >= 0.3 is 0 Å². The Balaban J connectivity index is 1.74. The van der Waals surface area contributed by atoms with E-state index in [0.717, 1.165) is 22.6 Å². The van der Waals surface area contributed by atoms with Gasteiger partial charge in [0, 0.05) is 18.3 Å². The van der Waals surface area contributed by atoms with E-state index in [-0.39, 0.29) is 24.2 Å². The Bertz CT molecular complexity index is 958. The number of benzene rings is 1. The van der Waals surface area contributed by atoms with Crippen LogP contribution >= 0.6 is 0 Å². The fourth-order valence-electron chi connectivity index (χ4n) is 2.89. The molecule has 2 heterocycles. The third-order valence-electron chi connectivity index (χ3n) is 4.75. The molecule has 0 fully saturated rings. The molecule has 0 aliphatic rings. The highest BCUT2D eigenvalue weighted by Gasteiger charge is 2.23. The molecule has 0 aliphatic carbocycles. The van der Waals surface area contributed by atoms with E-state index in [1.807, 2.05) is 52.1 Å². The Labute approximate surface area is 158 Å². The second kappa shape index (κ2) is 7.65. The van der Waals surface area contributed by atoms with Crippen molar-refractivity contribution in [1.29, 1.82) is 0 Å². The van der Waals surface area contributed by atoms with Gasteiger partial charge in [0.05, 0.1) is 17.8 Å². The van der Waals surface area contributed by atoms with Crippen LogP contribution in [-0.2, 0) is 13.7 Å². The maximum absolute atomic E-state index is 12.7. The summed E-state index contributed by atoms with van der Waals surface area (Å²) >= 11 is 0. The number of carbonyl (C=O) groups excluding carboxylic acids is 1. The van der Waals surface area contributed by atoms with E-state index in [9.17, 15) is 4.79 Å². The molecule has 7 heteroatoms. The number of aromatic nitrogens is 3. The lowest BCUT2D eigenvalue weighted by Gasteiger charge is -2.13. The summed E-state index contributed by atoms with van der Waals surface area (Å²) < 4.78 is 12.9. The Hall–Kier alpha value is -3.09. The number of hydrogen-bond donors (Lipinski definition) is 1. The summed E-state index contributed by atoms with van der Waals surface area (Å²) in [5.41, 5.74) is 3.88. The first kappa shape index (κ1) is 18.7. The van der Waals surface area contributed by atoms with Crippen LogP contribution in [-0.4, -0.2) is 20.8 Å². The normalized spacial score (nSPS) is 12.0. The van der Waals surface area contributed by atoms with Crippen molar-refractivity contribution in [2.45, 2.75) is 40.3 Å². The van der Waals surface area contributed by atoms with Crippen molar-refractivity contribution in [2.75, 3.05) is 0 Å². The second-order valence-corrected chi connectivity index (χ2v) is 6.62. The first-order valence-electron chi connectivity index (χ1n) is 8.81.